The van der Waals surface area contributed by atoms with Crippen LogP contribution in [-0.4, -0.2) is 23.9 Å². The molecular weight excluding hydrogens is 301 g/mol. The van der Waals surface area contributed by atoms with Gasteiger partial charge in [-0.05, 0) is 31.5 Å². The quantitative estimate of drug-likeness (QED) is 0.847. The average Bonchev–Trinajstić information content (AvgIpc) is 2.27. The Morgan fingerprint density at radius 3 is 2.67 bits per heavy atom. The maximum absolute atomic E-state index is 13.4. The van der Waals surface area contributed by atoms with Crippen molar-refractivity contribution in [3.8, 4) is 5.75 Å². The second kappa shape index (κ2) is 6.73. The molecule has 0 aliphatic rings. The van der Waals surface area contributed by atoms with Crippen molar-refractivity contribution >= 4 is 21.8 Å². The molecule has 0 fully saturated rings. The van der Waals surface area contributed by atoms with E-state index in [0.717, 1.165) is 6.42 Å². The third kappa shape index (κ3) is 4.29. The molecule has 1 aromatic carbocycles. The number of halogens is 2. The maximum Gasteiger partial charge on any atom is 0.251 e. The van der Waals surface area contributed by atoms with E-state index in [1.54, 1.807) is 6.07 Å². The summed E-state index contributed by atoms with van der Waals surface area (Å²) >= 11 is 3.42. The van der Waals surface area contributed by atoms with Gasteiger partial charge in [-0.25, -0.2) is 4.39 Å². The van der Waals surface area contributed by atoms with Crippen LogP contribution in [0.25, 0.3) is 0 Å². The molecule has 2 unspecified atom stereocenters. The Hall–Kier alpha value is -1.10. The average molecular weight is 318 g/mol. The standard InChI is InChI=1S/C13H17BrFNO2/c1-8(14)6-9(2)16-13(17)10-4-5-12(18-3)11(15)7-10/h4-5,7-9H,6H2,1-3H3,(H,16,17). The molecule has 5 heteroatoms. The Labute approximate surface area is 115 Å². The van der Waals surface area contributed by atoms with Gasteiger partial charge in [-0.2, -0.15) is 0 Å². The van der Waals surface area contributed by atoms with Crippen LogP contribution in [0, 0.1) is 5.82 Å². The lowest BCUT2D eigenvalue weighted by molar-refractivity contribution is 0.0938. The molecule has 0 saturated heterocycles. The highest BCUT2D eigenvalue weighted by Crippen LogP contribution is 2.17. The number of benzene rings is 1. The zero-order valence-electron chi connectivity index (χ0n) is 10.7. The first-order valence-electron chi connectivity index (χ1n) is 5.72. The molecule has 0 aliphatic heterocycles. The lowest BCUT2D eigenvalue weighted by Crippen LogP contribution is -2.33. The van der Waals surface area contributed by atoms with Gasteiger partial charge in [0.1, 0.15) is 0 Å². The van der Waals surface area contributed by atoms with Crippen LogP contribution in [-0.2, 0) is 0 Å². The second-order valence-corrected chi connectivity index (χ2v) is 5.80. The van der Waals surface area contributed by atoms with E-state index < -0.39 is 5.82 Å². The van der Waals surface area contributed by atoms with Crippen LogP contribution in [0.2, 0.25) is 0 Å². The molecule has 0 saturated carbocycles. The minimum atomic E-state index is -0.535. The van der Waals surface area contributed by atoms with E-state index in [9.17, 15) is 9.18 Å². The van der Waals surface area contributed by atoms with E-state index in [1.807, 2.05) is 13.8 Å². The molecule has 0 aliphatic carbocycles. The normalized spacial score (nSPS) is 13.8. The number of alkyl halides is 1. The molecule has 0 bridgehead atoms. The van der Waals surface area contributed by atoms with Gasteiger partial charge in [0, 0.05) is 16.4 Å². The molecule has 1 amide bonds. The van der Waals surface area contributed by atoms with E-state index >= 15 is 0 Å². The Bertz CT molecular complexity index is 423. The largest absolute Gasteiger partial charge is 0.494 e. The summed E-state index contributed by atoms with van der Waals surface area (Å²) in [5.74, 6) is -0.683. The first-order chi connectivity index (χ1) is 8.43. The van der Waals surface area contributed by atoms with Crippen molar-refractivity contribution in [3.05, 3.63) is 29.6 Å². The highest BCUT2D eigenvalue weighted by Gasteiger charge is 2.13. The number of nitrogens with one attached hydrogen (secondary N) is 1. The molecular formula is C13H17BrFNO2. The highest BCUT2D eigenvalue weighted by atomic mass is 79.9. The summed E-state index contributed by atoms with van der Waals surface area (Å²) < 4.78 is 18.2. The molecule has 100 valence electrons. The molecule has 1 aromatic rings. The van der Waals surface area contributed by atoms with Crippen molar-refractivity contribution in [2.24, 2.45) is 0 Å². The van der Waals surface area contributed by atoms with Gasteiger partial charge in [0.25, 0.3) is 5.91 Å². The summed E-state index contributed by atoms with van der Waals surface area (Å²) in [7, 11) is 1.39. The van der Waals surface area contributed by atoms with Crippen molar-refractivity contribution in [2.45, 2.75) is 31.1 Å². The van der Waals surface area contributed by atoms with Gasteiger partial charge in [0.05, 0.1) is 7.11 Å². The molecule has 0 spiro atoms. The van der Waals surface area contributed by atoms with E-state index in [4.69, 9.17) is 4.74 Å². The van der Waals surface area contributed by atoms with Gasteiger partial charge in [0.2, 0.25) is 0 Å². The van der Waals surface area contributed by atoms with Gasteiger partial charge in [-0.3, -0.25) is 4.79 Å². The Morgan fingerprint density at radius 1 is 1.50 bits per heavy atom. The topological polar surface area (TPSA) is 38.3 Å². The number of carbonyl (C=O) groups excluding carboxylic acids is 1. The number of methoxy groups -OCH3 is 1. The number of hydrogen-bond acceptors (Lipinski definition) is 2. The number of hydrogen-bond donors (Lipinski definition) is 1. The second-order valence-electron chi connectivity index (χ2n) is 4.24. The fourth-order valence-electron chi connectivity index (χ4n) is 1.66. The molecule has 0 aromatic heterocycles. The summed E-state index contributed by atoms with van der Waals surface area (Å²) in [5.41, 5.74) is 0.294. The maximum atomic E-state index is 13.4. The van der Waals surface area contributed by atoms with Crippen LogP contribution in [0.4, 0.5) is 4.39 Å². The molecule has 0 heterocycles. The van der Waals surface area contributed by atoms with Crippen LogP contribution in [0.1, 0.15) is 30.6 Å². The molecule has 3 nitrogen and oxygen atoms in total. The van der Waals surface area contributed by atoms with Crippen molar-refractivity contribution in [3.63, 3.8) is 0 Å². The van der Waals surface area contributed by atoms with Crippen LogP contribution >= 0.6 is 15.9 Å². The van der Waals surface area contributed by atoms with Crippen molar-refractivity contribution in [1.82, 2.24) is 5.32 Å². The van der Waals surface area contributed by atoms with Gasteiger partial charge in [0.15, 0.2) is 11.6 Å². The van der Waals surface area contributed by atoms with Gasteiger partial charge in [-0.15, -0.1) is 0 Å². The highest BCUT2D eigenvalue weighted by molar-refractivity contribution is 9.09. The van der Waals surface area contributed by atoms with E-state index in [0.29, 0.717) is 10.4 Å². The van der Waals surface area contributed by atoms with Gasteiger partial charge >= 0.3 is 0 Å². The third-order valence-electron chi connectivity index (χ3n) is 2.47. The number of amides is 1. The Kier molecular flexibility index (Phi) is 5.59. The lowest BCUT2D eigenvalue weighted by atomic mass is 10.1. The minimum Gasteiger partial charge on any atom is -0.494 e. The Balaban J connectivity index is 2.70. The monoisotopic (exact) mass is 317 g/mol. The van der Waals surface area contributed by atoms with Crippen LogP contribution in [0.5, 0.6) is 5.75 Å². The van der Waals surface area contributed by atoms with E-state index in [2.05, 4.69) is 21.2 Å². The van der Waals surface area contributed by atoms with Crippen LogP contribution < -0.4 is 10.1 Å². The molecule has 2 atom stereocenters. The smallest absolute Gasteiger partial charge is 0.251 e. The van der Waals surface area contributed by atoms with E-state index in [1.165, 1.54) is 19.2 Å². The lowest BCUT2D eigenvalue weighted by Gasteiger charge is -2.15. The minimum absolute atomic E-state index is 0.0250. The summed E-state index contributed by atoms with van der Waals surface area (Å²) in [6, 6.07) is 4.19. The zero-order chi connectivity index (χ0) is 13.7. The summed E-state index contributed by atoms with van der Waals surface area (Å²) in [4.78, 5) is 12.2. The molecule has 0 radical (unpaired) electrons. The van der Waals surface area contributed by atoms with Gasteiger partial charge in [-0.1, -0.05) is 22.9 Å². The number of carbonyl (C=O) groups is 1. The fraction of sp³-hybridized carbons (Fsp3) is 0.462. The number of ether oxygens (including phenoxy) is 1. The van der Waals surface area contributed by atoms with Crippen molar-refractivity contribution in [1.29, 1.82) is 0 Å². The van der Waals surface area contributed by atoms with Crippen molar-refractivity contribution in [2.75, 3.05) is 7.11 Å². The predicted octanol–water partition coefficient (Wildman–Crippen LogP) is 3.13. The fourth-order valence-corrected chi connectivity index (χ4v) is 2.22. The molecule has 1 N–H and O–H groups in total. The van der Waals surface area contributed by atoms with Gasteiger partial charge < -0.3 is 10.1 Å². The third-order valence-corrected chi connectivity index (χ3v) is 2.84. The summed E-state index contributed by atoms with van der Waals surface area (Å²) in [6.45, 7) is 3.92. The van der Waals surface area contributed by atoms with E-state index in [-0.39, 0.29) is 17.7 Å². The summed E-state index contributed by atoms with van der Waals surface area (Å²) in [6.07, 6.45) is 0.810. The first-order valence-corrected chi connectivity index (χ1v) is 6.64. The zero-order valence-corrected chi connectivity index (χ0v) is 12.3. The molecule has 1 rings (SSSR count). The van der Waals surface area contributed by atoms with Crippen LogP contribution in [0.3, 0.4) is 0 Å². The Morgan fingerprint density at radius 2 is 2.17 bits per heavy atom. The van der Waals surface area contributed by atoms with Crippen LogP contribution in [0.15, 0.2) is 18.2 Å². The predicted molar refractivity (Wildman–Crippen MR) is 72.9 cm³/mol. The SMILES string of the molecule is COc1ccc(C(=O)NC(C)CC(C)Br)cc1F. The summed E-state index contributed by atoms with van der Waals surface area (Å²) in [5, 5.41) is 2.82. The molecule has 18 heavy (non-hydrogen) atoms. The first kappa shape index (κ1) is 15.0. The van der Waals surface area contributed by atoms with Crippen molar-refractivity contribution < 1.29 is 13.9 Å². The number of rotatable bonds is 5.